The number of anilines is 2. The third kappa shape index (κ3) is 6.29. The molecule has 1 aliphatic rings. The van der Waals surface area contributed by atoms with Gasteiger partial charge in [-0.25, -0.2) is 13.9 Å². The summed E-state index contributed by atoms with van der Waals surface area (Å²) in [5.41, 5.74) is 6.12. The van der Waals surface area contributed by atoms with Crippen molar-refractivity contribution in [2.24, 2.45) is 0 Å². The molecule has 5 N–H and O–H groups in total. The molecule has 4 rings (SSSR count). The van der Waals surface area contributed by atoms with Crippen LogP contribution >= 0.6 is 19.3 Å². The number of para-hydroxylation sites is 1. The molecule has 1 aromatic carbocycles. The van der Waals surface area contributed by atoms with E-state index in [4.69, 9.17) is 35.9 Å². The normalized spacial score (nSPS) is 25.1. The fourth-order valence-corrected chi connectivity index (χ4v) is 5.69. The van der Waals surface area contributed by atoms with Crippen molar-refractivity contribution >= 4 is 48.2 Å². The molecule has 0 radical (unpaired) electrons. The highest BCUT2D eigenvalue weighted by molar-refractivity contribution is 7.52. The van der Waals surface area contributed by atoms with Crippen LogP contribution in [0.3, 0.4) is 0 Å². The molecule has 0 bridgehead atoms. The number of benzene rings is 1. The summed E-state index contributed by atoms with van der Waals surface area (Å²) in [5.74, 6) is -0.376. The van der Waals surface area contributed by atoms with Gasteiger partial charge in [-0.3, -0.25) is 13.9 Å². The van der Waals surface area contributed by atoms with Crippen LogP contribution in [0.25, 0.3) is 11.2 Å². The van der Waals surface area contributed by atoms with Gasteiger partial charge in [0.15, 0.2) is 23.2 Å². The monoisotopic (exact) mass is 601 g/mol. The summed E-state index contributed by atoms with van der Waals surface area (Å²) in [7, 11) is -2.73. The van der Waals surface area contributed by atoms with Crippen molar-refractivity contribution in [3.8, 4) is 5.75 Å². The highest BCUT2D eigenvalue weighted by Crippen LogP contribution is 2.49. The van der Waals surface area contributed by atoms with E-state index in [1.807, 2.05) is 0 Å². The number of carbonyl (C=O) groups is 1. The van der Waals surface area contributed by atoms with E-state index in [0.29, 0.717) is 0 Å². The van der Waals surface area contributed by atoms with E-state index < -0.39 is 56.0 Å². The van der Waals surface area contributed by atoms with Crippen LogP contribution in [0.1, 0.15) is 27.0 Å². The zero-order valence-corrected chi connectivity index (χ0v) is 23.7. The number of hydrogen-bond donors (Lipinski definition) is 4. The number of aliphatic hydroxyl groups excluding tert-OH is 1. The van der Waals surface area contributed by atoms with E-state index >= 15 is 4.39 Å². The summed E-state index contributed by atoms with van der Waals surface area (Å²) < 4.78 is 52.6. The zero-order chi connectivity index (χ0) is 29.2. The number of hydrogen-bond acceptors (Lipinski definition) is 12. The van der Waals surface area contributed by atoms with Crippen LogP contribution in [0.15, 0.2) is 36.7 Å². The lowest BCUT2D eigenvalue weighted by atomic mass is 10.1. The number of ether oxygens (including phenoxy) is 2. The van der Waals surface area contributed by atoms with Crippen LogP contribution in [0.4, 0.5) is 16.2 Å². The molecule has 0 amide bonds. The quantitative estimate of drug-likeness (QED) is 0.143. The minimum absolute atomic E-state index is 0.0931. The molecular weight excluding hydrogens is 572 g/mol. The van der Waals surface area contributed by atoms with Gasteiger partial charge in [-0.15, -0.1) is 0 Å². The van der Waals surface area contributed by atoms with Crippen molar-refractivity contribution in [1.82, 2.24) is 24.6 Å². The Morgan fingerprint density at radius 1 is 1.32 bits per heavy atom. The van der Waals surface area contributed by atoms with Crippen molar-refractivity contribution in [3.05, 3.63) is 36.7 Å². The molecule has 0 aliphatic carbocycles. The lowest BCUT2D eigenvalue weighted by Crippen LogP contribution is -2.40. The number of halogens is 2. The van der Waals surface area contributed by atoms with E-state index in [0.717, 1.165) is 4.57 Å². The molecule has 0 saturated carbocycles. The lowest BCUT2D eigenvalue weighted by molar-refractivity contribution is -0.149. The number of aromatic nitrogens is 4. The lowest BCUT2D eigenvalue weighted by Gasteiger charge is -2.25. The zero-order valence-electron chi connectivity index (χ0n) is 22.0. The Labute approximate surface area is 233 Å². The Kier molecular flexibility index (Phi) is 8.83. The van der Waals surface area contributed by atoms with Crippen molar-refractivity contribution in [3.63, 3.8) is 0 Å². The standard InChI is InChI=1S/C23H30ClFN7O7P/c1-12(2)37-20(34)13(3)31-40(35,39-14-8-6-5-7-9-14)36-10-15-17(33)23(24,25)21(38-15)32-11-28-16-18(27-4)29-22(26)30-19(16)32/h5-9,11-13,15,17,21,33H,10H2,1-4H3,(H,31,35)(H3,26,27,29,30)/t13-,15?,17+,21+,23+,40+/m0/s1. The maximum atomic E-state index is 15.7. The smallest absolute Gasteiger partial charge is 0.459 e. The number of aliphatic hydroxyl groups is 1. The Morgan fingerprint density at radius 3 is 2.67 bits per heavy atom. The first kappa shape index (κ1) is 29.9. The Morgan fingerprint density at radius 2 is 2.02 bits per heavy atom. The predicted octanol–water partition coefficient (Wildman–Crippen LogP) is 2.75. The number of carbonyl (C=O) groups excluding carboxylic acids is 1. The van der Waals surface area contributed by atoms with Crippen LogP contribution in [0.5, 0.6) is 5.75 Å². The maximum absolute atomic E-state index is 15.7. The number of nitrogen functional groups attached to an aromatic ring is 1. The van der Waals surface area contributed by atoms with E-state index in [-0.39, 0.29) is 28.7 Å². The summed E-state index contributed by atoms with van der Waals surface area (Å²) >= 11 is 6.12. The number of fused-ring (bicyclic) bond motifs is 1. The van der Waals surface area contributed by atoms with E-state index in [9.17, 15) is 14.5 Å². The number of nitrogens with one attached hydrogen (secondary N) is 2. The molecule has 3 aromatic rings. The molecular formula is C23H30ClFN7O7P. The molecule has 1 fully saturated rings. The van der Waals surface area contributed by atoms with Gasteiger partial charge in [0.05, 0.1) is 19.0 Å². The molecule has 0 spiro atoms. The number of rotatable bonds is 11. The second-order valence-electron chi connectivity index (χ2n) is 9.18. The van der Waals surface area contributed by atoms with Gasteiger partial charge in [-0.2, -0.15) is 15.1 Å². The highest BCUT2D eigenvalue weighted by Gasteiger charge is 2.58. The minimum Gasteiger partial charge on any atom is -0.462 e. The molecule has 40 heavy (non-hydrogen) atoms. The van der Waals surface area contributed by atoms with Crippen LogP contribution in [-0.2, 0) is 23.4 Å². The predicted molar refractivity (Wildman–Crippen MR) is 143 cm³/mol. The van der Waals surface area contributed by atoms with Gasteiger partial charge in [-0.1, -0.05) is 29.8 Å². The third-order valence-electron chi connectivity index (χ3n) is 5.74. The van der Waals surface area contributed by atoms with Crippen LogP contribution < -0.4 is 20.7 Å². The van der Waals surface area contributed by atoms with Crippen molar-refractivity contribution in [1.29, 1.82) is 0 Å². The van der Waals surface area contributed by atoms with Crippen molar-refractivity contribution < 1.29 is 37.4 Å². The number of imidazole rings is 1. The molecule has 3 heterocycles. The van der Waals surface area contributed by atoms with Crippen molar-refractivity contribution in [2.75, 3.05) is 24.7 Å². The first-order chi connectivity index (χ1) is 18.8. The van der Waals surface area contributed by atoms with Gasteiger partial charge in [0, 0.05) is 7.05 Å². The van der Waals surface area contributed by atoms with Gasteiger partial charge >= 0.3 is 13.7 Å². The number of nitrogens with two attached hydrogens (primary N) is 1. The van der Waals surface area contributed by atoms with E-state index in [1.165, 1.54) is 25.4 Å². The summed E-state index contributed by atoms with van der Waals surface area (Å²) in [4.78, 5) is 24.7. The molecule has 17 heteroatoms. The first-order valence-electron chi connectivity index (χ1n) is 12.2. The second-order valence-corrected chi connectivity index (χ2v) is 11.5. The SMILES string of the molecule is CNc1nc(N)nc2c1ncn2[C@@H]1OC(CO[P@](=O)(N[C@@H](C)C(=O)OC(C)C)Oc2ccccc2)[C@@H](O)[C@]1(F)Cl. The van der Waals surface area contributed by atoms with Crippen LogP contribution in [0, 0.1) is 0 Å². The maximum Gasteiger partial charge on any atom is 0.459 e. The minimum atomic E-state index is -4.32. The molecule has 6 atom stereocenters. The molecule has 218 valence electrons. The van der Waals surface area contributed by atoms with Gasteiger partial charge in [0.25, 0.3) is 5.13 Å². The van der Waals surface area contributed by atoms with Crippen LogP contribution in [0.2, 0.25) is 0 Å². The highest BCUT2D eigenvalue weighted by atomic mass is 35.5. The fourth-order valence-electron chi connectivity index (χ4n) is 3.89. The van der Waals surface area contributed by atoms with E-state index in [2.05, 4.69) is 25.4 Å². The second kappa shape index (κ2) is 11.8. The first-order valence-corrected chi connectivity index (χ1v) is 14.1. The third-order valence-corrected chi connectivity index (χ3v) is 7.80. The largest absolute Gasteiger partial charge is 0.462 e. The number of alkyl halides is 2. The number of nitrogens with zero attached hydrogens (tertiary/aromatic N) is 4. The van der Waals surface area contributed by atoms with E-state index in [1.54, 1.807) is 39.1 Å². The fraction of sp³-hybridized carbons (Fsp3) is 0.478. The molecule has 2 aromatic heterocycles. The Balaban J connectivity index is 1.56. The van der Waals surface area contributed by atoms with Gasteiger partial charge in [-0.05, 0) is 32.9 Å². The average Bonchev–Trinajstić information content (AvgIpc) is 3.40. The molecule has 1 aliphatic heterocycles. The average molecular weight is 602 g/mol. The summed E-state index contributed by atoms with van der Waals surface area (Å²) in [5, 5.41) is 13.2. The molecule has 14 nitrogen and oxygen atoms in total. The van der Waals surface area contributed by atoms with Gasteiger partial charge in [0.2, 0.25) is 5.95 Å². The topological polar surface area (TPSA) is 185 Å². The van der Waals surface area contributed by atoms with Crippen molar-refractivity contribution in [2.45, 2.75) is 56.5 Å². The molecule has 1 unspecified atom stereocenters. The van der Waals surface area contributed by atoms with Crippen LogP contribution in [-0.4, -0.2) is 73.7 Å². The summed E-state index contributed by atoms with van der Waals surface area (Å²) in [6, 6.07) is 6.93. The summed E-state index contributed by atoms with van der Waals surface area (Å²) in [6.45, 7) is 4.09. The van der Waals surface area contributed by atoms with Gasteiger partial charge in [0.1, 0.15) is 24.0 Å². The Hall–Kier alpha value is -3.07. The summed E-state index contributed by atoms with van der Waals surface area (Å²) in [6.07, 6.45) is -4.22. The Bertz CT molecular complexity index is 1400. The molecule has 1 saturated heterocycles. The van der Waals surface area contributed by atoms with Gasteiger partial charge < -0.3 is 30.2 Å². The number of esters is 1.